The molecule has 1 aromatic rings. The van der Waals surface area contributed by atoms with E-state index in [0.717, 1.165) is 12.8 Å². The van der Waals surface area contributed by atoms with Crippen molar-refractivity contribution in [3.63, 3.8) is 0 Å². The van der Waals surface area contributed by atoms with Crippen molar-refractivity contribution in [3.05, 3.63) is 33.9 Å². The van der Waals surface area contributed by atoms with Gasteiger partial charge < -0.3 is 10.0 Å². The number of carboxylic acid groups (broad SMARTS) is 1. The molecule has 0 aliphatic heterocycles. The molecule has 20 heavy (non-hydrogen) atoms. The van der Waals surface area contributed by atoms with Crippen molar-refractivity contribution >= 4 is 17.3 Å². The molecule has 1 fully saturated rings. The van der Waals surface area contributed by atoms with E-state index in [2.05, 4.69) is 6.07 Å². The molecule has 1 aromatic carbocycles. The van der Waals surface area contributed by atoms with E-state index in [4.69, 9.17) is 10.4 Å². The lowest BCUT2D eigenvalue weighted by molar-refractivity contribution is -0.385. The highest BCUT2D eigenvalue weighted by molar-refractivity contribution is 5.93. The van der Waals surface area contributed by atoms with Crippen LogP contribution in [0.5, 0.6) is 0 Å². The van der Waals surface area contributed by atoms with Gasteiger partial charge in [0.2, 0.25) is 0 Å². The number of nitro groups is 1. The first-order chi connectivity index (χ1) is 9.54. The average Bonchev–Trinajstić information content (AvgIpc) is 3.23. The molecule has 0 saturated heterocycles. The molecular weight excluding hydrogens is 262 g/mol. The summed E-state index contributed by atoms with van der Waals surface area (Å²) in [7, 11) is 0. The third-order valence-corrected chi connectivity index (χ3v) is 3.19. The molecule has 1 saturated carbocycles. The van der Waals surface area contributed by atoms with Gasteiger partial charge in [-0.15, -0.1) is 0 Å². The van der Waals surface area contributed by atoms with Crippen LogP contribution >= 0.6 is 0 Å². The van der Waals surface area contributed by atoms with Crippen LogP contribution in [0.25, 0.3) is 0 Å². The van der Waals surface area contributed by atoms with Gasteiger partial charge in [-0.25, -0.2) is 4.79 Å². The molecule has 7 nitrogen and oxygen atoms in total. The normalized spacial score (nSPS) is 13.6. The van der Waals surface area contributed by atoms with Gasteiger partial charge in [0.05, 0.1) is 17.4 Å². The predicted octanol–water partition coefficient (Wildman–Crippen LogP) is 2.18. The second-order valence-corrected chi connectivity index (χ2v) is 4.60. The van der Waals surface area contributed by atoms with E-state index in [9.17, 15) is 14.9 Å². The van der Waals surface area contributed by atoms with Gasteiger partial charge in [-0.3, -0.25) is 10.1 Å². The van der Waals surface area contributed by atoms with Crippen LogP contribution in [0.1, 0.15) is 29.6 Å². The fourth-order valence-corrected chi connectivity index (χ4v) is 2.11. The quantitative estimate of drug-likeness (QED) is 0.629. The zero-order valence-corrected chi connectivity index (χ0v) is 10.7. The molecular formula is C13H13N3O4. The number of carboxylic acids is 1. The Labute approximate surface area is 115 Å². The predicted molar refractivity (Wildman–Crippen MR) is 70.7 cm³/mol. The summed E-state index contributed by atoms with van der Waals surface area (Å²) >= 11 is 0. The van der Waals surface area contributed by atoms with E-state index in [1.807, 2.05) is 4.90 Å². The Hall–Kier alpha value is -2.62. The monoisotopic (exact) mass is 275 g/mol. The summed E-state index contributed by atoms with van der Waals surface area (Å²) in [5, 5.41) is 28.6. The molecule has 1 aliphatic rings. The molecule has 1 aliphatic carbocycles. The number of nitrogens with zero attached hydrogens (tertiary/aromatic N) is 3. The summed E-state index contributed by atoms with van der Waals surface area (Å²) in [5.41, 5.74) is -0.127. The number of nitriles is 1. The van der Waals surface area contributed by atoms with Gasteiger partial charge in [-0.2, -0.15) is 5.26 Å². The number of nitro benzene ring substituents is 1. The van der Waals surface area contributed by atoms with Crippen LogP contribution in [0.4, 0.5) is 11.4 Å². The maximum absolute atomic E-state index is 11.1. The van der Waals surface area contributed by atoms with E-state index in [1.165, 1.54) is 12.1 Å². The Morgan fingerprint density at radius 2 is 2.25 bits per heavy atom. The van der Waals surface area contributed by atoms with Crippen LogP contribution in [-0.4, -0.2) is 28.6 Å². The molecule has 0 amide bonds. The molecule has 1 N–H and O–H groups in total. The topological polar surface area (TPSA) is 107 Å². The Balaban J connectivity index is 2.36. The number of aromatic carboxylic acids is 1. The Morgan fingerprint density at radius 1 is 1.55 bits per heavy atom. The smallest absolute Gasteiger partial charge is 0.342 e. The highest BCUT2D eigenvalue weighted by Crippen LogP contribution is 2.34. The van der Waals surface area contributed by atoms with E-state index >= 15 is 0 Å². The zero-order valence-electron chi connectivity index (χ0n) is 10.7. The van der Waals surface area contributed by atoms with Gasteiger partial charge >= 0.3 is 5.97 Å². The molecule has 0 heterocycles. The molecule has 0 atom stereocenters. The van der Waals surface area contributed by atoms with Gasteiger partial charge in [0.15, 0.2) is 0 Å². The second kappa shape index (κ2) is 5.57. The van der Waals surface area contributed by atoms with E-state index < -0.39 is 16.6 Å². The fourth-order valence-electron chi connectivity index (χ4n) is 2.11. The van der Waals surface area contributed by atoms with Gasteiger partial charge in [0, 0.05) is 24.3 Å². The van der Waals surface area contributed by atoms with Gasteiger partial charge in [-0.05, 0) is 25.0 Å². The molecule has 2 rings (SSSR count). The van der Waals surface area contributed by atoms with Crippen molar-refractivity contribution in [2.45, 2.75) is 25.3 Å². The van der Waals surface area contributed by atoms with Crippen molar-refractivity contribution in [2.24, 2.45) is 0 Å². The van der Waals surface area contributed by atoms with Gasteiger partial charge in [-0.1, -0.05) is 0 Å². The molecule has 0 bridgehead atoms. The number of anilines is 1. The molecule has 0 unspecified atom stereocenters. The molecule has 0 spiro atoms. The first-order valence-corrected chi connectivity index (χ1v) is 6.20. The van der Waals surface area contributed by atoms with Gasteiger partial charge in [0.25, 0.3) is 5.69 Å². The minimum absolute atomic E-state index is 0.298. The Morgan fingerprint density at radius 3 is 2.75 bits per heavy atom. The summed E-state index contributed by atoms with van der Waals surface area (Å²) in [6, 6.07) is 6.42. The minimum Gasteiger partial charge on any atom is -0.477 e. The molecule has 104 valence electrons. The second-order valence-electron chi connectivity index (χ2n) is 4.60. The Bertz CT molecular complexity index is 590. The third kappa shape index (κ3) is 2.85. The average molecular weight is 275 g/mol. The summed E-state index contributed by atoms with van der Waals surface area (Å²) in [6.45, 7) is 0.498. The third-order valence-electron chi connectivity index (χ3n) is 3.19. The Kier molecular flexibility index (Phi) is 3.84. The highest BCUT2D eigenvalue weighted by Gasteiger charge is 2.30. The van der Waals surface area contributed by atoms with E-state index in [-0.39, 0.29) is 5.56 Å². The summed E-state index contributed by atoms with van der Waals surface area (Å²) in [6.07, 6.45) is 2.31. The van der Waals surface area contributed by atoms with Crippen molar-refractivity contribution in [3.8, 4) is 6.07 Å². The minimum atomic E-state index is -1.32. The lowest BCUT2D eigenvalue weighted by atomic mass is 10.1. The van der Waals surface area contributed by atoms with E-state index in [0.29, 0.717) is 24.7 Å². The molecule has 7 heteroatoms. The maximum Gasteiger partial charge on any atom is 0.342 e. The number of hydrogen-bond acceptors (Lipinski definition) is 5. The van der Waals surface area contributed by atoms with Crippen LogP contribution < -0.4 is 4.90 Å². The van der Waals surface area contributed by atoms with Crippen LogP contribution in [0.3, 0.4) is 0 Å². The van der Waals surface area contributed by atoms with Crippen LogP contribution in [0.2, 0.25) is 0 Å². The number of rotatable bonds is 6. The van der Waals surface area contributed by atoms with Crippen LogP contribution in [0, 0.1) is 21.4 Å². The summed E-state index contributed by atoms with van der Waals surface area (Å²) in [5.74, 6) is -1.32. The summed E-state index contributed by atoms with van der Waals surface area (Å²) in [4.78, 5) is 23.2. The molecule has 0 aromatic heterocycles. The zero-order chi connectivity index (χ0) is 14.7. The highest BCUT2D eigenvalue weighted by atomic mass is 16.6. The summed E-state index contributed by atoms with van der Waals surface area (Å²) < 4.78 is 0. The lowest BCUT2D eigenvalue weighted by Crippen LogP contribution is -2.26. The first-order valence-electron chi connectivity index (χ1n) is 6.20. The maximum atomic E-state index is 11.1. The van der Waals surface area contributed by atoms with E-state index in [1.54, 1.807) is 6.07 Å². The number of hydrogen-bond donors (Lipinski definition) is 1. The SMILES string of the molecule is N#CCCN(c1ccc([N+](=O)[O-])c(C(=O)O)c1)C1CC1. The first kappa shape index (κ1) is 13.8. The van der Waals surface area contributed by atoms with Crippen molar-refractivity contribution in [2.75, 3.05) is 11.4 Å². The standard InChI is InChI=1S/C13H13N3O4/c14-6-1-7-15(9-2-3-9)10-4-5-12(16(19)20)11(8-10)13(17)18/h4-5,8-9H,1-3,7H2,(H,17,18). The number of benzene rings is 1. The van der Waals surface area contributed by atoms with Crippen LogP contribution in [0.15, 0.2) is 18.2 Å². The van der Waals surface area contributed by atoms with Gasteiger partial charge in [0.1, 0.15) is 5.56 Å². The lowest BCUT2D eigenvalue weighted by Gasteiger charge is -2.23. The number of carbonyl (C=O) groups is 1. The van der Waals surface area contributed by atoms with Crippen molar-refractivity contribution in [1.29, 1.82) is 5.26 Å². The van der Waals surface area contributed by atoms with Crippen LogP contribution in [-0.2, 0) is 0 Å². The fraction of sp³-hybridized carbons (Fsp3) is 0.385. The molecule has 0 radical (unpaired) electrons. The largest absolute Gasteiger partial charge is 0.477 e. The van der Waals surface area contributed by atoms with Crippen molar-refractivity contribution < 1.29 is 14.8 Å². The van der Waals surface area contributed by atoms with Crippen molar-refractivity contribution in [1.82, 2.24) is 0 Å².